The van der Waals surface area contributed by atoms with Crippen molar-refractivity contribution in [3.63, 3.8) is 0 Å². The second-order valence-electron chi connectivity index (χ2n) is 4.05. The predicted molar refractivity (Wildman–Crippen MR) is 60.8 cm³/mol. The van der Waals surface area contributed by atoms with Crippen LogP contribution in [0.5, 0.6) is 0 Å². The van der Waals surface area contributed by atoms with E-state index in [1.54, 1.807) is 0 Å². The monoisotopic (exact) mass is 210 g/mol. The summed E-state index contributed by atoms with van der Waals surface area (Å²) >= 11 is 1.82. The molecule has 2 rings (SSSR count). The highest BCUT2D eigenvalue weighted by Crippen LogP contribution is 2.17. The highest BCUT2D eigenvalue weighted by atomic mass is 32.1. The summed E-state index contributed by atoms with van der Waals surface area (Å²) in [6, 6.07) is 0.788. The van der Waals surface area contributed by atoms with E-state index in [-0.39, 0.29) is 0 Å². The van der Waals surface area contributed by atoms with E-state index in [1.165, 1.54) is 35.6 Å². The second-order valence-corrected chi connectivity index (χ2v) is 5.37. The average molecular weight is 210 g/mol. The Balaban J connectivity index is 1.67. The van der Waals surface area contributed by atoms with Crippen LogP contribution in [0.2, 0.25) is 0 Å². The molecule has 0 amide bonds. The molecule has 1 heterocycles. The van der Waals surface area contributed by atoms with Gasteiger partial charge in [-0.1, -0.05) is 12.8 Å². The average Bonchev–Trinajstić information content (AvgIpc) is 2.77. The first kappa shape index (κ1) is 10.1. The largest absolute Gasteiger partial charge is 0.314 e. The van der Waals surface area contributed by atoms with Crippen LogP contribution in [0.15, 0.2) is 6.20 Å². The molecule has 0 radical (unpaired) electrons. The van der Waals surface area contributed by atoms with Crippen LogP contribution in [-0.4, -0.2) is 17.6 Å². The molecule has 0 saturated heterocycles. The Morgan fingerprint density at radius 2 is 2.29 bits per heavy atom. The lowest BCUT2D eigenvalue weighted by molar-refractivity contribution is 0.527. The van der Waals surface area contributed by atoms with Crippen LogP contribution >= 0.6 is 11.3 Å². The number of thiazole rings is 1. The number of hydrogen-bond acceptors (Lipinski definition) is 3. The molecule has 1 saturated carbocycles. The summed E-state index contributed by atoms with van der Waals surface area (Å²) in [5.74, 6) is 0. The van der Waals surface area contributed by atoms with Gasteiger partial charge < -0.3 is 5.32 Å². The maximum absolute atomic E-state index is 4.36. The van der Waals surface area contributed by atoms with Crippen molar-refractivity contribution in [3.05, 3.63) is 16.1 Å². The molecule has 1 aromatic rings. The Morgan fingerprint density at radius 3 is 2.93 bits per heavy atom. The molecule has 78 valence electrons. The maximum atomic E-state index is 4.36. The summed E-state index contributed by atoms with van der Waals surface area (Å²) in [7, 11) is 0. The van der Waals surface area contributed by atoms with Crippen LogP contribution in [-0.2, 0) is 6.42 Å². The van der Waals surface area contributed by atoms with E-state index < -0.39 is 0 Å². The van der Waals surface area contributed by atoms with Crippen LogP contribution in [0.3, 0.4) is 0 Å². The Hall–Kier alpha value is -0.410. The van der Waals surface area contributed by atoms with Crippen molar-refractivity contribution < 1.29 is 0 Å². The molecule has 0 bridgehead atoms. The number of aryl methyl sites for hydroxylation is 1. The van der Waals surface area contributed by atoms with Gasteiger partial charge in [0.05, 0.1) is 5.01 Å². The number of nitrogens with zero attached hydrogens (tertiary/aromatic N) is 1. The van der Waals surface area contributed by atoms with E-state index >= 15 is 0 Å². The zero-order valence-corrected chi connectivity index (χ0v) is 9.57. The Labute approximate surface area is 89.8 Å². The van der Waals surface area contributed by atoms with Gasteiger partial charge in [-0.3, -0.25) is 0 Å². The molecule has 1 aliphatic carbocycles. The topological polar surface area (TPSA) is 24.9 Å². The van der Waals surface area contributed by atoms with Gasteiger partial charge in [0.1, 0.15) is 0 Å². The van der Waals surface area contributed by atoms with Gasteiger partial charge >= 0.3 is 0 Å². The van der Waals surface area contributed by atoms with Crippen LogP contribution in [0, 0.1) is 6.92 Å². The summed E-state index contributed by atoms with van der Waals surface area (Å²) in [6.07, 6.45) is 8.63. The van der Waals surface area contributed by atoms with E-state index in [1.807, 2.05) is 17.5 Å². The summed E-state index contributed by atoms with van der Waals surface area (Å²) in [5, 5.41) is 4.88. The lowest BCUT2D eigenvalue weighted by Gasteiger charge is -2.10. The molecule has 0 spiro atoms. The molecule has 3 heteroatoms. The number of rotatable bonds is 4. The molecule has 1 aliphatic rings. The van der Waals surface area contributed by atoms with Crippen molar-refractivity contribution in [2.24, 2.45) is 0 Å². The van der Waals surface area contributed by atoms with Crippen molar-refractivity contribution in [2.45, 2.75) is 45.1 Å². The Morgan fingerprint density at radius 1 is 1.50 bits per heavy atom. The molecule has 0 atom stereocenters. The standard InChI is InChI=1S/C11H18N2S/c1-9-8-13-11(14-9)6-7-12-10-4-2-3-5-10/h8,10,12H,2-7H2,1H3. The van der Waals surface area contributed by atoms with Crippen molar-refractivity contribution in [3.8, 4) is 0 Å². The minimum atomic E-state index is 0.788. The normalized spacial score (nSPS) is 17.8. The predicted octanol–water partition coefficient (Wildman–Crippen LogP) is 2.53. The zero-order chi connectivity index (χ0) is 9.80. The quantitative estimate of drug-likeness (QED) is 0.826. The summed E-state index contributed by atoms with van der Waals surface area (Å²) in [6.45, 7) is 3.21. The summed E-state index contributed by atoms with van der Waals surface area (Å²) in [5.41, 5.74) is 0. The van der Waals surface area contributed by atoms with Crippen LogP contribution in [0.4, 0.5) is 0 Å². The molecule has 1 aromatic heterocycles. The first-order valence-corrected chi connectivity index (χ1v) is 6.31. The van der Waals surface area contributed by atoms with E-state index in [2.05, 4.69) is 17.2 Å². The molecule has 0 aromatic carbocycles. The maximum Gasteiger partial charge on any atom is 0.0940 e. The van der Waals surface area contributed by atoms with Crippen molar-refractivity contribution in [1.29, 1.82) is 0 Å². The lowest BCUT2D eigenvalue weighted by atomic mass is 10.2. The SMILES string of the molecule is Cc1cnc(CCNC2CCCC2)s1. The minimum absolute atomic E-state index is 0.788. The van der Waals surface area contributed by atoms with E-state index in [4.69, 9.17) is 0 Å². The van der Waals surface area contributed by atoms with Crippen LogP contribution in [0.25, 0.3) is 0 Å². The molecule has 1 fully saturated rings. The van der Waals surface area contributed by atoms with Gasteiger partial charge in [0.25, 0.3) is 0 Å². The van der Waals surface area contributed by atoms with Gasteiger partial charge in [0.2, 0.25) is 0 Å². The smallest absolute Gasteiger partial charge is 0.0940 e. The molecule has 1 N–H and O–H groups in total. The molecule has 0 aliphatic heterocycles. The highest BCUT2D eigenvalue weighted by molar-refractivity contribution is 7.11. The van der Waals surface area contributed by atoms with Gasteiger partial charge in [-0.15, -0.1) is 11.3 Å². The lowest BCUT2D eigenvalue weighted by Crippen LogP contribution is -2.27. The number of aromatic nitrogens is 1. The summed E-state index contributed by atoms with van der Waals surface area (Å²) in [4.78, 5) is 5.68. The highest BCUT2D eigenvalue weighted by Gasteiger charge is 2.13. The summed E-state index contributed by atoms with van der Waals surface area (Å²) < 4.78 is 0. The fourth-order valence-electron chi connectivity index (χ4n) is 2.03. The van der Waals surface area contributed by atoms with Gasteiger partial charge in [0.15, 0.2) is 0 Å². The third-order valence-corrected chi connectivity index (χ3v) is 3.77. The first-order chi connectivity index (χ1) is 6.84. The van der Waals surface area contributed by atoms with Crippen molar-refractivity contribution >= 4 is 11.3 Å². The van der Waals surface area contributed by atoms with E-state index in [9.17, 15) is 0 Å². The van der Waals surface area contributed by atoms with Gasteiger partial charge in [0, 0.05) is 30.1 Å². The molecule has 2 nitrogen and oxygen atoms in total. The zero-order valence-electron chi connectivity index (χ0n) is 8.75. The second kappa shape index (κ2) is 4.89. The van der Waals surface area contributed by atoms with Gasteiger partial charge in [-0.05, 0) is 19.8 Å². The minimum Gasteiger partial charge on any atom is -0.314 e. The van der Waals surface area contributed by atoms with Crippen molar-refractivity contribution in [2.75, 3.05) is 6.54 Å². The molecule has 0 unspecified atom stereocenters. The van der Waals surface area contributed by atoms with Crippen LogP contribution < -0.4 is 5.32 Å². The number of nitrogens with one attached hydrogen (secondary N) is 1. The fraction of sp³-hybridized carbons (Fsp3) is 0.727. The van der Waals surface area contributed by atoms with E-state index in [0.29, 0.717) is 0 Å². The molecular weight excluding hydrogens is 192 g/mol. The van der Waals surface area contributed by atoms with Gasteiger partial charge in [-0.25, -0.2) is 4.98 Å². The van der Waals surface area contributed by atoms with Gasteiger partial charge in [-0.2, -0.15) is 0 Å². The van der Waals surface area contributed by atoms with Crippen LogP contribution in [0.1, 0.15) is 35.6 Å². The number of hydrogen-bond donors (Lipinski definition) is 1. The van der Waals surface area contributed by atoms with Crippen molar-refractivity contribution in [1.82, 2.24) is 10.3 Å². The molecular formula is C11H18N2S. The molecule has 14 heavy (non-hydrogen) atoms. The first-order valence-electron chi connectivity index (χ1n) is 5.49. The third-order valence-electron chi connectivity index (χ3n) is 2.80. The Bertz CT molecular complexity index is 277. The fourth-order valence-corrected chi connectivity index (χ4v) is 2.82. The Kier molecular flexibility index (Phi) is 3.54. The van der Waals surface area contributed by atoms with E-state index in [0.717, 1.165) is 19.0 Å². The third kappa shape index (κ3) is 2.79.